The molecule has 0 aliphatic carbocycles. The van der Waals surface area contributed by atoms with Gasteiger partial charge in [0.25, 0.3) is 0 Å². The minimum atomic E-state index is -0.509. The Labute approximate surface area is 106 Å². The molecule has 100 valence electrons. The molecule has 5 heteroatoms. The van der Waals surface area contributed by atoms with Crippen LogP contribution >= 0.6 is 0 Å². The van der Waals surface area contributed by atoms with Crippen molar-refractivity contribution in [3.8, 4) is 0 Å². The molecule has 0 bridgehead atoms. The van der Waals surface area contributed by atoms with Crippen LogP contribution in [0.1, 0.15) is 25.5 Å². The molecule has 0 fully saturated rings. The number of carbonyl (C=O) groups excluding carboxylic acids is 1. The summed E-state index contributed by atoms with van der Waals surface area (Å²) in [6.07, 6.45) is 0. The molecule has 18 heavy (non-hydrogen) atoms. The Morgan fingerprint density at radius 2 is 2.11 bits per heavy atom. The Balaban J connectivity index is 2.82. The van der Waals surface area contributed by atoms with Crippen molar-refractivity contribution >= 4 is 5.91 Å². The van der Waals surface area contributed by atoms with Crippen molar-refractivity contribution in [2.75, 3.05) is 20.1 Å². The van der Waals surface area contributed by atoms with Gasteiger partial charge < -0.3 is 10.2 Å². The fourth-order valence-corrected chi connectivity index (χ4v) is 1.62. The Hall–Kier alpha value is -1.49. The quantitative estimate of drug-likeness (QED) is 0.875. The molecule has 0 aromatic heterocycles. The van der Waals surface area contributed by atoms with Gasteiger partial charge in [-0.25, -0.2) is 8.78 Å². The second kappa shape index (κ2) is 6.44. The lowest BCUT2D eigenvalue weighted by Crippen LogP contribution is -2.37. The minimum absolute atomic E-state index is 0.159. The maximum Gasteiger partial charge on any atom is 0.236 e. The summed E-state index contributed by atoms with van der Waals surface area (Å²) in [7, 11) is 1.58. The number of hydrogen-bond acceptors (Lipinski definition) is 2. The van der Waals surface area contributed by atoms with Gasteiger partial charge in [-0.1, -0.05) is 6.92 Å². The van der Waals surface area contributed by atoms with E-state index in [4.69, 9.17) is 0 Å². The minimum Gasteiger partial charge on any atom is -0.338 e. The number of benzene rings is 1. The highest BCUT2D eigenvalue weighted by molar-refractivity contribution is 5.78. The van der Waals surface area contributed by atoms with E-state index in [0.29, 0.717) is 6.54 Å². The molecule has 1 N–H and O–H groups in total. The topological polar surface area (TPSA) is 32.3 Å². The Morgan fingerprint density at radius 1 is 1.44 bits per heavy atom. The summed E-state index contributed by atoms with van der Waals surface area (Å²) in [5.74, 6) is -1.18. The summed E-state index contributed by atoms with van der Waals surface area (Å²) in [6, 6.07) is 2.75. The number of carbonyl (C=O) groups is 1. The SMILES string of the molecule is CCNCC(=O)N(C)C(C)c1cc(F)ccc1F. The van der Waals surface area contributed by atoms with Crippen LogP contribution in [0, 0.1) is 11.6 Å². The highest BCUT2D eigenvalue weighted by Crippen LogP contribution is 2.22. The van der Waals surface area contributed by atoms with E-state index in [1.54, 1.807) is 14.0 Å². The van der Waals surface area contributed by atoms with Gasteiger partial charge in [-0.15, -0.1) is 0 Å². The average Bonchev–Trinajstić information content (AvgIpc) is 2.37. The Kier molecular flexibility index (Phi) is 5.22. The lowest BCUT2D eigenvalue weighted by molar-refractivity contribution is -0.130. The molecule has 0 heterocycles. The van der Waals surface area contributed by atoms with Crippen LogP contribution in [-0.2, 0) is 4.79 Å². The molecule has 0 radical (unpaired) electrons. The molecule has 1 aromatic rings. The molecule has 0 saturated carbocycles. The van der Waals surface area contributed by atoms with Crippen LogP contribution in [-0.4, -0.2) is 30.9 Å². The Morgan fingerprint density at radius 3 is 2.72 bits per heavy atom. The highest BCUT2D eigenvalue weighted by Gasteiger charge is 2.20. The molecule has 1 unspecified atom stereocenters. The van der Waals surface area contributed by atoms with Gasteiger partial charge in [-0.3, -0.25) is 4.79 Å². The second-order valence-electron chi connectivity index (χ2n) is 4.13. The molecule has 1 aromatic carbocycles. The maximum atomic E-state index is 13.6. The van der Waals surface area contributed by atoms with Crippen molar-refractivity contribution in [3.63, 3.8) is 0 Å². The molecule has 0 aliphatic heterocycles. The third-order valence-electron chi connectivity index (χ3n) is 2.91. The standard InChI is InChI=1S/C13H18F2N2O/c1-4-16-8-13(18)17(3)9(2)11-7-10(14)5-6-12(11)15/h5-7,9,16H,4,8H2,1-3H3. The molecule has 1 amide bonds. The van der Waals surface area contributed by atoms with Crippen LogP contribution in [0.5, 0.6) is 0 Å². The van der Waals surface area contributed by atoms with Crippen LogP contribution in [0.4, 0.5) is 8.78 Å². The smallest absolute Gasteiger partial charge is 0.236 e. The molecule has 1 rings (SSSR count). The zero-order valence-corrected chi connectivity index (χ0v) is 10.8. The van der Waals surface area contributed by atoms with Crippen molar-refractivity contribution in [2.24, 2.45) is 0 Å². The fourth-order valence-electron chi connectivity index (χ4n) is 1.62. The first-order valence-corrected chi connectivity index (χ1v) is 5.88. The van der Waals surface area contributed by atoms with Gasteiger partial charge in [-0.2, -0.15) is 0 Å². The van der Waals surface area contributed by atoms with E-state index in [1.807, 2.05) is 6.92 Å². The van der Waals surface area contributed by atoms with E-state index in [1.165, 1.54) is 4.90 Å². The van der Waals surface area contributed by atoms with Crippen molar-refractivity contribution in [2.45, 2.75) is 19.9 Å². The van der Waals surface area contributed by atoms with Crippen molar-refractivity contribution in [1.82, 2.24) is 10.2 Å². The van der Waals surface area contributed by atoms with E-state index >= 15 is 0 Å². The summed E-state index contributed by atoms with van der Waals surface area (Å²) in [4.78, 5) is 13.2. The molecule has 1 atom stereocenters. The van der Waals surface area contributed by atoms with Gasteiger partial charge in [-0.05, 0) is 31.7 Å². The normalized spacial score (nSPS) is 12.3. The van der Waals surface area contributed by atoms with Gasteiger partial charge in [0, 0.05) is 12.6 Å². The van der Waals surface area contributed by atoms with Gasteiger partial charge in [0.1, 0.15) is 11.6 Å². The molecular weight excluding hydrogens is 238 g/mol. The van der Waals surface area contributed by atoms with Gasteiger partial charge in [0.15, 0.2) is 0 Å². The first-order chi connectivity index (χ1) is 8.47. The number of likely N-dealkylation sites (N-methyl/N-ethyl adjacent to an activating group) is 2. The predicted octanol–water partition coefficient (Wildman–Crippen LogP) is 2.09. The van der Waals surface area contributed by atoms with Gasteiger partial charge >= 0.3 is 0 Å². The fraction of sp³-hybridized carbons (Fsp3) is 0.462. The lowest BCUT2D eigenvalue weighted by Gasteiger charge is -2.25. The molecule has 3 nitrogen and oxygen atoms in total. The highest BCUT2D eigenvalue weighted by atomic mass is 19.1. The zero-order chi connectivity index (χ0) is 13.7. The third kappa shape index (κ3) is 3.50. The molecule has 0 spiro atoms. The van der Waals surface area contributed by atoms with E-state index in [0.717, 1.165) is 18.2 Å². The number of halogens is 2. The maximum absolute atomic E-state index is 13.6. The number of hydrogen-bond donors (Lipinski definition) is 1. The summed E-state index contributed by atoms with van der Waals surface area (Å²) in [5.41, 5.74) is 0.183. The number of nitrogens with zero attached hydrogens (tertiary/aromatic N) is 1. The van der Waals surface area contributed by atoms with Crippen LogP contribution in [0.25, 0.3) is 0 Å². The van der Waals surface area contributed by atoms with Crippen LogP contribution in [0.15, 0.2) is 18.2 Å². The lowest BCUT2D eigenvalue weighted by atomic mass is 10.1. The van der Waals surface area contributed by atoms with Crippen molar-refractivity contribution < 1.29 is 13.6 Å². The monoisotopic (exact) mass is 256 g/mol. The van der Waals surface area contributed by atoms with E-state index in [9.17, 15) is 13.6 Å². The largest absolute Gasteiger partial charge is 0.338 e. The van der Waals surface area contributed by atoms with Crippen LogP contribution in [0.3, 0.4) is 0 Å². The summed E-state index contributed by atoms with van der Waals surface area (Å²) < 4.78 is 26.7. The summed E-state index contributed by atoms with van der Waals surface area (Å²) >= 11 is 0. The van der Waals surface area contributed by atoms with Crippen molar-refractivity contribution in [3.05, 3.63) is 35.4 Å². The van der Waals surface area contributed by atoms with E-state index in [-0.39, 0.29) is 18.0 Å². The van der Waals surface area contributed by atoms with Gasteiger partial charge in [0.05, 0.1) is 12.6 Å². The molecule has 0 saturated heterocycles. The van der Waals surface area contributed by atoms with E-state index < -0.39 is 17.7 Å². The van der Waals surface area contributed by atoms with Crippen LogP contribution in [0.2, 0.25) is 0 Å². The average molecular weight is 256 g/mol. The molecular formula is C13H18F2N2O. The van der Waals surface area contributed by atoms with Crippen molar-refractivity contribution in [1.29, 1.82) is 0 Å². The molecule has 0 aliphatic rings. The second-order valence-corrected chi connectivity index (χ2v) is 4.13. The predicted molar refractivity (Wildman–Crippen MR) is 66.1 cm³/mol. The Bertz CT molecular complexity index is 423. The first kappa shape index (κ1) is 14.6. The zero-order valence-electron chi connectivity index (χ0n) is 10.8. The number of rotatable bonds is 5. The third-order valence-corrected chi connectivity index (χ3v) is 2.91. The number of nitrogens with one attached hydrogen (secondary N) is 1. The van der Waals surface area contributed by atoms with Gasteiger partial charge in [0.2, 0.25) is 5.91 Å². The van der Waals surface area contributed by atoms with Crippen LogP contribution < -0.4 is 5.32 Å². The van der Waals surface area contributed by atoms with E-state index in [2.05, 4.69) is 5.32 Å². The summed E-state index contributed by atoms with van der Waals surface area (Å²) in [6.45, 7) is 4.43. The summed E-state index contributed by atoms with van der Waals surface area (Å²) in [5, 5.41) is 2.90. The first-order valence-electron chi connectivity index (χ1n) is 5.88. The number of amides is 1.